The number of hydrogen-bond acceptors (Lipinski definition) is 2. The molecule has 0 unspecified atom stereocenters. The maximum atomic E-state index is 11.6. The molecule has 0 saturated carbocycles. The first-order valence-corrected chi connectivity index (χ1v) is 6.40. The van der Waals surface area contributed by atoms with Crippen molar-refractivity contribution in [1.29, 1.82) is 0 Å². The highest BCUT2D eigenvalue weighted by molar-refractivity contribution is 5.87. The molecule has 0 rings (SSSR count). The molecule has 0 aliphatic heterocycles. The molecule has 0 aliphatic carbocycles. The van der Waals surface area contributed by atoms with Crippen LogP contribution < -0.4 is 0 Å². The maximum Gasteiger partial charge on any atom is 0.333 e. The topological polar surface area (TPSA) is 26.3 Å². The molecule has 94 valence electrons. The van der Waals surface area contributed by atoms with Crippen LogP contribution in [0.15, 0.2) is 12.2 Å². The lowest BCUT2D eigenvalue weighted by Crippen LogP contribution is -2.34. The van der Waals surface area contributed by atoms with Gasteiger partial charge in [0.15, 0.2) is 0 Å². The number of esters is 1. The van der Waals surface area contributed by atoms with Gasteiger partial charge in [-0.3, -0.25) is 0 Å². The van der Waals surface area contributed by atoms with Gasteiger partial charge in [0.2, 0.25) is 0 Å². The molecule has 0 aromatic carbocycles. The quantitative estimate of drug-likeness (QED) is 0.351. The third-order valence-electron chi connectivity index (χ3n) is 3.18. The number of ether oxygens (including phenoxy) is 1. The normalized spacial score (nSPS) is 11.2. The SMILES string of the molecule is C=C(C)C(=O)OC(CC)(CC)CCCCC. The smallest absolute Gasteiger partial charge is 0.333 e. The number of carbonyl (C=O) groups is 1. The highest BCUT2D eigenvalue weighted by Crippen LogP contribution is 2.28. The van der Waals surface area contributed by atoms with Crippen LogP contribution in [0, 0.1) is 0 Å². The number of hydrogen-bond donors (Lipinski definition) is 0. The van der Waals surface area contributed by atoms with Crippen LogP contribution in [0.25, 0.3) is 0 Å². The molecule has 0 aromatic rings. The van der Waals surface area contributed by atoms with Crippen molar-refractivity contribution in [3.8, 4) is 0 Å². The largest absolute Gasteiger partial charge is 0.456 e. The Kier molecular flexibility index (Phi) is 7.11. The zero-order valence-corrected chi connectivity index (χ0v) is 11.3. The molecule has 0 aliphatic rings. The molecule has 0 radical (unpaired) electrons. The monoisotopic (exact) mass is 226 g/mol. The minimum absolute atomic E-state index is 0.250. The number of rotatable bonds is 8. The summed E-state index contributed by atoms with van der Waals surface area (Å²) >= 11 is 0. The van der Waals surface area contributed by atoms with Crippen LogP contribution in [0.1, 0.15) is 66.2 Å². The molecule has 0 fully saturated rings. The van der Waals surface area contributed by atoms with Crippen LogP contribution in [0.5, 0.6) is 0 Å². The van der Waals surface area contributed by atoms with Crippen molar-refractivity contribution in [1.82, 2.24) is 0 Å². The van der Waals surface area contributed by atoms with Crippen LogP contribution in [0.3, 0.4) is 0 Å². The lowest BCUT2D eigenvalue weighted by atomic mass is 9.90. The van der Waals surface area contributed by atoms with Crippen LogP contribution >= 0.6 is 0 Å². The van der Waals surface area contributed by atoms with Crippen molar-refractivity contribution < 1.29 is 9.53 Å². The van der Waals surface area contributed by atoms with Gasteiger partial charge in [-0.1, -0.05) is 40.2 Å². The van der Waals surface area contributed by atoms with E-state index in [2.05, 4.69) is 27.4 Å². The van der Waals surface area contributed by atoms with Gasteiger partial charge in [0.25, 0.3) is 0 Å². The van der Waals surface area contributed by atoms with E-state index in [1.165, 1.54) is 12.8 Å². The Hall–Kier alpha value is -0.790. The van der Waals surface area contributed by atoms with E-state index < -0.39 is 0 Å². The molecular weight excluding hydrogens is 200 g/mol. The van der Waals surface area contributed by atoms with Crippen molar-refractivity contribution >= 4 is 5.97 Å². The summed E-state index contributed by atoms with van der Waals surface area (Å²) in [6.07, 6.45) is 6.25. The fourth-order valence-corrected chi connectivity index (χ4v) is 1.78. The van der Waals surface area contributed by atoms with Crippen molar-refractivity contribution in [2.45, 2.75) is 71.8 Å². The fourth-order valence-electron chi connectivity index (χ4n) is 1.78. The van der Waals surface area contributed by atoms with Gasteiger partial charge >= 0.3 is 5.97 Å². The standard InChI is InChI=1S/C14H26O2/c1-6-9-10-11-14(7-2,8-3)16-13(15)12(4)5/h4,6-11H2,1-3,5H3. The second-order valence-corrected chi connectivity index (χ2v) is 4.52. The first kappa shape index (κ1) is 15.2. The summed E-state index contributed by atoms with van der Waals surface area (Å²) < 4.78 is 5.61. The van der Waals surface area contributed by atoms with Gasteiger partial charge in [0, 0.05) is 5.57 Å². The third-order valence-corrected chi connectivity index (χ3v) is 3.18. The summed E-state index contributed by atoms with van der Waals surface area (Å²) in [4.78, 5) is 11.6. The molecule has 0 amide bonds. The van der Waals surface area contributed by atoms with Gasteiger partial charge in [-0.15, -0.1) is 0 Å². The summed E-state index contributed by atoms with van der Waals surface area (Å²) in [5.41, 5.74) is 0.215. The molecule has 2 heteroatoms. The van der Waals surface area contributed by atoms with Gasteiger partial charge in [-0.2, -0.15) is 0 Å². The molecule has 0 aromatic heterocycles. The molecule has 0 N–H and O–H groups in total. The van der Waals surface area contributed by atoms with Crippen LogP contribution in [0.2, 0.25) is 0 Å². The zero-order valence-electron chi connectivity index (χ0n) is 11.3. The average molecular weight is 226 g/mol. The van der Waals surface area contributed by atoms with E-state index in [1.807, 2.05) is 0 Å². The van der Waals surface area contributed by atoms with E-state index >= 15 is 0 Å². The minimum Gasteiger partial charge on any atom is -0.456 e. The summed E-state index contributed by atoms with van der Waals surface area (Å²) in [6, 6.07) is 0. The molecule has 2 nitrogen and oxygen atoms in total. The summed E-state index contributed by atoms with van der Waals surface area (Å²) in [5.74, 6) is -0.250. The fraction of sp³-hybridized carbons (Fsp3) is 0.786. The first-order chi connectivity index (χ1) is 7.51. The third kappa shape index (κ3) is 4.82. The molecule has 0 bridgehead atoms. The van der Waals surface area contributed by atoms with Crippen molar-refractivity contribution in [3.05, 3.63) is 12.2 Å². The number of unbranched alkanes of at least 4 members (excludes halogenated alkanes) is 2. The number of carbonyl (C=O) groups excluding carboxylic acids is 1. The van der Waals surface area contributed by atoms with E-state index in [4.69, 9.17) is 4.74 Å². The van der Waals surface area contributed by atoms with E-state index in [1.54, 1.807) is 6.92 Å². The lowest BCUT2D eigenvalue weighted by Gasteiger charge is -2.31. The molecule has 0 spiro atoms. The van der Waals surface area contributed by atoms with Gasteiger partial charge in [0.05, 0.1) is 0 Å². The second-order valence-electron chi connectivity index (χ2n) is 4.52. The molecule has 0 saturated heterocycles. The Balaban J connectivity index is 4.42. The molecule has 0 atom stereocenters. The average Bonchev–Trinajstić information content (AvgIpc) is 2.27. The maximum absolute atomic E-state index is 11.6. The van der Waals surface area contributed by atoms with Gasteiger partial charge in [-0.25, -0.2) is 4.79 Å². The Labute approximate surface area is 100 Å². The van der Waals surface area contributed by atoms with Gasteiger partial charge in [-0.05, 0) is 32.6 Å². The Morgan fingerprint density at radius 3 is 2.12 bits per heavy atom. The van der Waals surface area contributed by atoms with E-state index in [0.29, 0.717) is 5.57 Å². The molecular formula is C14H26O2. The van der Waals surface area contributed by atoms with Crippen molar-refractivity contribution in [2.24, 2.45) is 0 Å². The Morgan fingerprint density at radius 1 is 1.19 bits per heavy atom. The van der Waals surface area contributed by atoms with Gasteiger partial charge < -0.3 is 4.74 Å². The Morgan fingerprint density at radius 2 is 1.75 bits per heavy atom. The van der Waals surface area contributed by atoms with E-state index in [9.17, 15) is 4.79 Å². The summed E-state index contributed by atoms with van der Waals surface area (Å²) in [5, 5.41) is 0. The van der Waals surface area contributed by atoms with Crippen molar-refractivity contribution in [3.63, 3.8) is 0 Å². The first-order valence-electron chi connectivity index (χ1n) is 6.40. The van der Waals surface area contributed by atoms with Crippen LogP contribution in [-0.4, -0.2) is 11.6 Å². The van der Waals surface area contributed by atoms with Crippen molar-refractivity contribution in [2.75, 3.05) is 0 Å². The summed E-state index contributed by atoms with van der Waals surface area (Å²) in [7, 11) is 0. The van der Waals surface area contributed by atoms with E-state index in [-0.39, 0.29) is 11.6 Å². The lowest BCUT2D eigenvalue weighted by molar-refractivity contribution is -0.156. The summed E-state index contributed by atoms with van der Waals surface area (Å²) in [6.45, 7) is 11.7. The highest BCUT2D eigenvalue weighted by Gasteiger charge is 2.29. The second kappa shape index (κ2) is 7.48. The molecule has 16 heavy (non-hydrogen) atoms. The Bertz CT molecular complexity index is 227. The van der Waals surface area contributed by atoms with Gasteiger partial charge in [0.1, 0.15) is 5.60 Å². The predicted octanol–water partition coefficient (Wildman–Crippen LogP) is 4.24. The van der Waals surface area contributed by atoms with Crippen LogP contribution in [0.4, 0.5) is 0 Å². The zero-order chi connectivity index (χ0) is 12.6. The predicted molar refractivity (Wildman–Crippen MR) is 68.4 cm³/mol. The van der Waals surface area contributed by atoms with E-state index in [0.717, 1.165) is 25.7 Å². The molecule has 0 heterocycles. The highest BCUT2D eigenvalue weighted by atomic mass is 16.6. The minimum atomic E-state index is -0.273. The van der Waals surface area contributed by atoms with Crippen LogP contribution in [-0.2, 0) is 9.53 Å².